The molecule has 0 saturated heterocycles. The minimum atomic E-state index is -1.09. The summed E-state index contributed by atoms with van der Waals surface area (Å²) < 4.78 is 0. The van der Waals surface area contributed by atoms with Crippen LogP contribution >= 0.6 is 23.2 Å². The SMILES string of the molecule is CN(CC(C)(C)C)c1c([N+](=O)[O-])c(Cl)c([N+](=O)[O-])c(Cl)c1[N+](=O)[O-]. The van der Waals surface area contributed by atoms with Crippen molar-refractivity contribution in [3.63, 3.8) is 0 Å². The Kier molecular flexibility index (Phi) is 5.57. The maximum absolute atomic E-state index is 11.4. The summed E-state index contributed by atoms with van der Waals surface area (Å²) in [6.45, 7) is 5.63. The van der Waals surface area contributed by atoms with Gasteiger partial charge in [-0.25, -0.2) is 0 Å². The highest BCUT2D eigenvalue weighted by Crippen LogP contribution is 2.52. The van der Waals surface area contributed by atoms with Crippen molar-refractivity contribution in [2.75, 3.05) is 18.5 Å². The van der Waals surface area contributed by atoms with Gasteiger partial charge in [-0.15, -0.1) is 0 Å². The Labute approximate surface area is 146 Å². The molecule has 0 aromatic heterocycles. The third kappa shape index (κ3) is 3.82. The van der Waals surface area contributed by atoms with Gasteiger partial charge in [-0.1, -0.05) is 44.0 Å². The van der Waals surface area contributed by atoms with Crippen LogP contribution in [0.15, 0.2) is 0 Å². The first-order valence-electron chi connectivity index (χ1n) is 6.48. The van der Waals surface area contributed by atoms with Crippen molar-refractivity contribution in [1.82, 2.24) is 0 Å². The summed E-state index contributed by atoms with van der Waals surface area (Å²) in [4.78, 5) is 32.0. The molecule has 24 heavy (non-hydrogen) atoms. The monoisotopic (exact) mass is 380 g/mol. The van der Waals surface area contributed by atoms with Crippen molar-refractivity contribution in [3.8, 4) is 0 Å². The summed E-state index contributed by atoms with van der Waals surface area (Å²) in [5.41, 5.74) is -3.76. The van der Waals surface area contributed by atoms with E-state index in [1.54, 1.807) is 0 Å². The lowest BCUT2D eigenvalue weighted by Crippen LogP contribution is -2.30. The fourth-order valence-corrected chi connectivity index (χ4v) is 2.98. The fraction of sp³-hybridized carbons (Fsp3) is 0.500. The quantitative estimate of drug-likeness (QED) is 0.551. The van der Waals surface area contributed by atoms with Crippen LogP contribution in [0.4, 0.5) is 22.7 Å². The zero-order chi connectivity index (χ0) is 19.0. The first kappa shape index (κ1) is 19.8. The highest BCUT2D eigenvalue weighted by molar-refractivity contribution is 6.42. The standard InChI is InChI=1S/C12H14Cl2N4O6/c1-12(2,3)5-15(4)11-9(17(21)22)6(13)8(16(19)20)7(14)10(11)18(23)24/h5H2,1-4H3. The van der Waals surface area contributed by atoms with E-state index >= 15 is 0 Å². The van der Waals surface area contributed by atoms with Crippen molar-refractivity contribution in [2.24, 2.45) is 5.41 Å². The molecule has 0 bridgehead atoms. The summed E-state index contributed by atoms with van der Waals surface area (Å²) in [7, 11) is 1.39. The minimum Gasteiger partial charge on any atom is -0.363 e. The lowest BCUT2D eigenvalue weighted by molar-refractivity contribution is -0.401. The van der Waals surface area contributed by atoms with Gasteiger partial charge in [-0.3, -0.25) is 30.3 Å². The number of anilines is 1. The van der Waals surface area contributed by atoms with E-state index in [2.05, 4.69) is 0 Å². The Morgan fingerprint density at radius 2 is 1.21 bits per heavy atom. The van der Waals surface area contributed by atoms with Gasteiger partial charge in [0.25, 0.3) is 0 Å². The van der Waals surface area contributed by atoms with E-state index in [-0.39, 0.29) is 12.0 Å². The van der Waals surface area contributed by atoms with E-state index in [4.69, 9.17) is 23.2 Å². The molecule has 0 fully saturated rings. The fourth-order valence-electron chi connectivity index (χ4n) is 2.29. The lowest BCUT2D eigenvalue weighted by atomic mass is 9.96. The van der Waals surface area contributed by atoms with Crippen LogP contribution in [0.5, 0.6) is 0 Å². The number of halogens is 2. The van der Waals surface area contributed by atoms with Crippen LogP contribution in [-0.2, 0) is 0 Å². The molecule has 1 aromatic carbocycles. The van der Waals surface area contributed by atoms with Gasteiger partial charge in [0.05, 0.1) is 14.8 Å². The Morgan fingerprint density at radius 1 is 0.875 bits per heavy atom. The number of hydrogen-bond acceptors (Lipinski definition) is 7. The molecule has 0 N–H and O–H groups in total. The Balaban J connectivity index is 3.94. The maximum Gasteiger partial charge on any atom is 0.325 e. The molecule has 0 saturated carbocycles. The topological polar surface area (TPSA) is 133 Å². The molecule has 0 aliphatic heterocycles. The second kappa shape index (κ2) is 6.73. The second-order valence-electron chi connectivity index (χ2n) is 6.21. The van der Waals surface area contributed by atoms with Gasteiger partial charge in [-0.2, -0.15) is 0 Å². The lowest BCUT2D eigenvalue weighted by Gasteiger charge is -2.27. The first-order chi connectivity index (χ1) is 10.8. The van der Waals surface area contributed by atoms with Gasteiger partial charge in [0.15, 0.2) is 5.69 Å². The molecule has 0 spiro atoms. The van der Waals surface area contributed by atoms with E-state index < -0.39 is 47.6 Å². The van der Waals surface area contributed by atoms with Crippen LogP contribution in [0.2, 0.25) is 10.0 Å². The molecule has 12 heteroatoms. The molecule has 0 unspecified atom stereocenters. The van der Waals surface area contributed by atoms with Crippen molar-refractivity contribution in [2.45, 2.75) is 20.8 Å². The Hall–Kier alpha value is -2.20. The molecule has 1 aromatic rings. The van der Waals surface area contributed by atoms with Gasteiger partial charge >= 0.3 is 17.1 Å². The Bertz CT molecular complexity index is 690. The van der Waals surface area contributed by atoms with Crippen LogP contribution in [-0.4, -0.2) is 28.4 Å². The molecule has 0 heterocycles. The predicted molar refractivity (Wildman–Crippen MR) is 89.2 cm³/mol. The average molecular weight is 381 g/mol. The highest BCUT2D eigenvalue weighted by atomic mass is 35.5. The molecule has 0 aliphatic carbocycles. The molecule has 132 valence electrons. The summed E-state index contributed by atoms with van der Waals surface area (Å²) in [6, 6.07) is 0. The minimum absolute atomic E-state index is 0.180. The normalized spacial score (nSPS) is 11.2. The molecule has 0 atom stereocenters. The van der Waals surface area contributed by atoms with E-state index in [1.807, 2.05) is 20.8 Å². The third-order valence-electron chi connectivity index (χ3n) is 2.92. The van der Waals surface area contributed by atoms with Crippen LogP contribution in [0.1, 0.15) is 20.8 Å². The van der Waals surface area contributed by atoms with Crippen molar-refractivity contribution < 1.29 is 14.8 Å². The van der Waals surface area contributed by atoms with E-state index in [1.165, 1.54) is 11.9 Å². The van der Waals surface area contributed by atoms with Gasteiger partial charge in [-0.05, 0) is 5.41 Å². The summed E-state index contributed by atoms with van der Waals surface area (Å²) in [5, 5.41) is 32.1. The van der Waals surface area contributed by atoms with Crippen LogP contribution in [0, 0.1) is 35.8 Å². The van der Waals surface area contributed by atoms with Gasteiger partial charge < -0.3 is 4.90 Å². The summed E-state index contributed by atoms with van der Waals surface area (Å²) in [6.07, 6.45) is 0. The van der Waals surface area contributed by atoms with Crippen molar-refractivity contribution in [1.29, 1.82) is 0 Å². The molecule has 0 amide bonds. The largest absolute Gasteiger partial charge is 0.363 e. The van der Waals surface area contributed by atoms with Gasteiger partial charge in [0.1, 0.15) is 0 Å². The average Bonchev–Trinajstić information content (AvgIpc) is 2.33. The highest BCUT2D eigenvalue weighted by Gasteiger charge is 2.42. The number of hydrogen-bond donors (Lipinski definition) is 0. The van der Waals surface area contributed by atoms with Crippen molar-refractivity contribution in [3.05, 3.63) is 40.4 Å². The molecule has 0 aliphatic rings. The summed E-state index contributed by atoms with van der Waals surface area (Å²) in [5.74, 6) is 0. The smallest absolute Gasteiger partial charge is 0.325 e. The number of nitro groups is 3. The van der Waals surface area contributed by atoms with Gasteiger partial charge in [0, 0.05) is 13.6 Å². The molecule has 10 nitrogen and oxygen atoms in total. The van der Waals surface area contributed by atoms with E-state index in [0.29, 0.717) is 0 Å². The van der Waals surface area contributed by atoms with Crippen molar-refractivity contribution >= 4 is 46.0 Å². The van der Waals surface area contributed by atoms with Crippen LogP contribution < -0.4 is 4.90 Å². The molecular formula is C12H14Cl2N4O6. The van der Waals surface area contributed by atoms with Crippen LogP contribution in [0.3, 0.4) is 0 Å². The zero-order valence-corrected chi connectivity index (χ0v) is 14.7. The number of nitro benzene ring substituents is 3. The predicted octanol–water partition coefficient (Wildman–Crippen LogP) is 4.20. The molecule has 1 rings (SSSR count). The number of nitrogens with zero attached hydrogens (tertiary/aromatic N) is 4. The van der Waals surface area contributed by atoms with E-state index in [9.17, 15) is 30.3 Å². The van der Waals surface area contributed by atoms with Gasteiger partial charge in [0.2, 0.25) is 10.0 Å². The van der Waals surface area contributed by atoms with E-state index in [0.717, 1.165) is 0 Å². The second-order valence-corrected chi connectivity index (χ2v) is 6.97. The van der Waals surface area contributed by atoms with Crippen LogP contribution in [0.25, 0.3) is 0 Å². The number of rotatable bonds is 5. The summed E-state index contributed by atoms with van der Waals surface area (Å²) >= 11 is 11.6. The zero-order valence-electron chi connectivity index (χ0n) is 13.2. The number of benzene rings is 1. The third-order valence-corrected chi connectivity index (χ3v) is 3.64. The molecular weight excluding hydrogens is 367 g/mol. The Morgan fingerprint density at radius 3 is 1.46 bits per heavy atom. The first-order valence-corrected chi connectivity index (χ1v) is 7.24. The molecule has 0 radical (unpaired) electrons. The maximum atomic E-state index is 11.4.